The van der Waals surface area contributed by atoms with Gasteiger partial charge in [0.25, 0.3) is 0 Å². The summed E-state index contributed by atoms with van der Waals surface area (Å²) < 4.78 is 26.6. The number of nitriles is 2. The van der Waals surface area contributed by atoms with Crippen molar-refractivity contribution in [2.75, 3.05) is 18.9 Å². The van der Waals surface area contributed by atoms with Gasteiger partial charge in [-0.25, -0.2) is 9.07 Å². The van der Waals surface area contributed by atoms with Crippen molar-refractivity contribution < 1.29 is 19.0 Å². The van der Waals surface area contributed by atoms with Crippen molar-refractivity contribution in [1.29, 1.82) is 10.5 Å². The fraction of sp³-hybridized carbons (Fsp3) is 0.208. The molecular weight excluding hydrogens is 425 g/mol. The number of ether oxygens (including phenoxy) is 2. The lowest BCUT2D eigenvalue weighted by Crippen LogP contribution is -2.07. The molecule has 0 spiro atoms. The largest absolute Gasteiger partial charge is 0.490 e. The molecule has 0 saturated carbocycles. The summed E-state index contributed by atoms with van der Waals surface area (Å²) in [5.74, 6) is 0.562. The highest BCUT2D eigenvalue weighted by molar-refractivity contribution is 5.91. The van der Waals surface area contributed by atoms with E-state index in [4.69, 9.17) is 20.3 Å². The third-order valence-electron chi connectivity index (χ3n) is 4.71. The van der Waals surface area contributed by atoms with Crippen molar-refractivity contribution in [3.05, 3.63) is 70.7 Å². The first-order chi connectivity index (χ1) is 16.0. The minimum absolute atomic E-state index is 0.0263. The van der Waals surface area contributed by atoms with Gasteiger partial charge in [0, 0.05) is 5.56 Å². The predicted octanol–water partition coefficient (Wildman–Crippen LogP) is 3.51. The number of hydrogen-bond donors (Lipinski definition) is 2. The van der Waals surface area contributed by atoms with Gasteiger partial charge in [0.2, 0.25) is 0 Å². The van der Waals surface area contributed by atoms with E-state index in [9.17, 15) is 14.9 Å². The Morgan fingerprint density at radius 1 is 1.21 bits per heavy atom. The van der Waals surface area contributed by atoms with Crippen molar-refractivity contribution in [2.24, 2.45) is 0 Å². The number of aliphatic hydroxyl groups excluding tert-OH is 1. The van der Waals surface area contributed by atoms with Crippen LogP contribution >= 0.6 is 0 Å². The quantitative estimate of drug-likeness (QED) is 0.480. The van der Waals surface area contributed by atoms with E-state index in [0.29, 0.717) is 29.2 Å². The van der Waals surface area contributed by atoms with Crippen LogP contribution in [0.1, 0.15) is 29.3 Å². The zero-order valence-corrected chi connectivity index (χ0v) is 18.0. The van der Waals surface area contributed by atoms with E-state index in [2.05, 4.69) is 5.10 Å². The van der Waals surface area contributed by atoms with Gasteiger partial charge in [-0.15, -0.1) is 0 Å². The van der Waals surface area contributed by atoms with E-state index in [1.54, 1.807) is 42.5 Å². The van der Waals surface area contributed by atoms with Crippen LogP contribution in [0, 0.1) is 28.5 Å². The maximum Gasteiger partial charge on any atom is 0.161 e. The maximum atomic E-state index is 13.9. The van der Waals surface area contributed by atoms with Gasteiger partial charge in [-0.1, -0.05) is 24.3 Å². The molecule has 0 aliphatic rings. The molecule has 0 aliphatic heterocycles. The second-order valence-electron chi connectivity index (χ2n) is 6.86. The molecule has 33 heavy (non-hydrogen) atoms. The lowest BCUT2D eigenvalue weighted by molar-refractivity contribution is 0.266. The number of anilines is 1. The summed E-state index contributed by atoms with van der Waals surface area (Å²) in [6, 6.07) is 15.4. The van der Waals surface area contributed by atoms with Crippen molar-refractivity contribution in [1.82, 2.24) is 9.78 Å². The van der Waals surface area contributed by atoms with Crippen LogP contribution in [-0.2, 0) is 13.2 Å². The Kier molecular flexibility index (Phi) is 7.64. The van der Waals surface area contributed by atoms with E-state index in [1.165, 1.54) is 10.7 Å². The number of allylic oxidation sites excluding steroid dienone is 1. The second kappa shape index (κ2) is 10.8. The summed E-state index contributed by atoms with van der Waals surface area (Å²) in [6.07, 6.45) is 1.55. The van der Waals surface area contributed by atoms with Crippen LogP contribution in [0.15, 0.2) is 42.5 Å². The maximum absolute atomic E-state index is 13.9. The Bertz CT molecular complexity index is 1250. The molecule has 3 aromatic rings. The van der Waals surface area contributed by atoms with Gasteiger partial charge in [0.05, 0.1) is 25.3 Å². The van der Waals surface area contributed by atoms with Gasteiger partial charge in [-0.05, 0) is 36.8 Å². The normalized spacial score (nSPS) is 11.0. The molecule has 3 N–H and O–H groups in total. The molecule has 3 rings (SSSR count). The van der Waals surface area contributed by atoms with E-state index >= 15 is 0 Å². The molecule has 0 unspecified atom stereocenters. The highest BCUT2D eigenvalue weighted by Crippen LogP contribution is 2.32. The molecule has 0 saturated heterocycles. The number of halogens is 1. The fourth-order valence-corrected chi connectivity index (χ4v) is 3.13. The SMILES string of the molecule is CCOc1cc(/C=C(\C#N)c2nn(CCO)c(N)c2C#N)ccc1OCc1ccccc1F. The third-order valence-corrected chi connectivity index (χ3v) is 4.71. The number of aromatic nitrogens is 2. The Labute approximate surface area is 190 Å². The topological polar surface area (TPSA) is 130 Å². The number of nitrogens with zero attached hydrogens (tertiary/aromatic N) is 4. The van der Waals surface area contributed by atoms with Gasteiger partial charge in [-0.2, -0.15) is 15.6 Å². The lowest BCUT2D eigenvalue weighted by atomic mass is 10.1. The first-order valence-corrected chi connectivity index (χ1v) is 10.1. The van der Waals surface area contributed by atoms with Gasteiger partial charge >= 0.3 is 0 Å². The molecule has 0 aliphatic carbocycles. The number of nitrogens with two attached hydrogens (primary N) is 1. The number of aliphatic hydroxyl groups is 1. The Hall–Kier alpha value is -4.34. The molecule has 9 heteroatoms. The zero-order valence-electron chi connectivity index (χ0n) is 18.0. The van der Waals surface area contributed by atoms with Crippen LogP contribution in [0.4, 0.5) is 10.2 Å². The molecule has 0 radical (unpaired) electrons. The van der Waals surface area contributed by atoms with E-state index in [0.717, 1.165) is 0 Å². The Balaban J connectivity index is 1.93. The van der Waals surface area contributed by atoms with Crippen molar-refractivity contribution in [2.45, 2.75) is 20.1 Å². The number of benzene rings is 2. The molecular formula is C24H22FN5O3. The van der Waals surface area contributed by atoms with Gasteiger partial charge < -0.3 is 20.3 Å². The van der Waals surface area contributed by atoms with Crippen LogP contribution in [0.5, 0.6) is 11.5 Å². The summed E-state index contributed by atoms with van der Waals surface area (Å²) in [6.45, 7) is 2.10. The lowest BCUT2D eigenvalue weighted by Gasteiger charge is -2.13. The van der Waals surface area contributed by atoms with Gasteiger partial charge in [0.15, 0.2) is 11.5 Å². The zero-order chi connectivity index (χ0) is 23.8. The second-order valence-corrected chi connectivity index (χ2v) is 6.86. The first-order valence-electron chi connectivity index (χ1n) is 10.1. The molecule has 8 nitrogen and oxygen atoms in total. The number of hydrogen-bond acceptors (Lipinski definition) is 7. The fourth-order valence-electron chi connectivity index (χ4n) is 3.13. The molecule has 0 atom stereocenters. The summed E-state index contributed by atoms with van der Waals surface area (Å²) in [5, 5.41) is 32.5. The monoisotopic (exact) mass is 447 g/mol. The van der Waals surface area contributed by atoms with Crippen LogP contribution in [0.2, 0.25) is 0 Å². The van der Waals surface area contributed by atoms with Crippen LogP contribution in [0.3, 0.4) is 0 Å². The molecule has 2 aromatic carbocycles. The van der Waals surface area contributed by atoms with Gasteiger partial charge in [-0.3, -0.25) is 0 Å². The minimum atomic E-state index is -0.359. The van der Waals surface area contributed by atoms with Crippen LogP contribution in [-0.4, -0.2) is 28.1 Å². The minimum Gasteiger partial charge on any atom is -0.490 e. The van der Waals surface area contributed by atoms with Crippen molar-refractivity contribution in [3.8, 4) is 23.6 Å². The molecule has 168 valence electrons. The molecule has 1 heterocycles. The highest BCUT2D eigenvalue weighted by atomic mass is 19.1. The summed E-state index contributed by atoms with van der Waals surface area (Å²) >= 11 is 0. The smallest absolute Gasteiger partial charge is 0.161 e. The third kappa shape index (κ3) is 5.29. The predicted molar refractivity (Wildman–Crippen MR) is 120 cm³/mol. The molecule has 1 aromatic heterocycles. The van der Waals surface area contributed by atoms with Crippen LogP contribution in [0.25, 0.3) is 11.6 Å². The van der Waals surface area contributed by atoms with Gasteiger partial charge in [0.1, 0.15) is 41.6 Å². The number of rotatable bonds is 9. The van der Waals surface area contributed by atoms with Crippen molar-refractivity contribution >= 4 is 17.5 Å². The summed E-state index contributed by atoms with van der Waals surface area (Å²) in [4.78, 5) is 0. The summed E-state index contributed by atoms with van der Waals surface area (Å²) in [7, 11) is 0. The molecule has 0 bridgehead atoms. The first kappa shape index (κ1) is 23.3. The van der Waals surface area contributed by atoms with E-state index in [1.807, 2.05) is 19.1 Å². The Morgan fingerprint density at radius 3 is 2.67 bits per heavy atom. The van der Waals surface area contributed by atoms with Crippen LogP contribution < -0.4 is 15.2 Å². The standard InChI is InChI=1S/C24H22FN5O3/c1-2-32-22-12-16(7-8-21(22)33-15-17-5-3-4-6-20(17)25)11-18(13-26)23-19(14-27)24(28)30(29-23)9-10-31/h3-8,11-12,31H,2,9-10,15,28H2,1H3/b18-11+. The van der Waals surface area contributed by atoms with Crippen molar-refractivity contribution in [3.63, 3.8) is 0 Å². The average molecular weight is 447 g/mol. The number of nitrogen functional groups attached to an aromatic ring is 1. The highest BCUT2D eigenvalue weighted by Gasteiger charge is 2.19. The Morgan fingerprint density at radius 2 is 2.00 bits per heavy atom. The molecule has 0 fully saturated rings. The molecule has 0 amide bonds. The average Bonchev–Trinajstić information content (AvgIpc) is 3.13. The van der Waals surface area contributed by atoms with E-state index in [-0.39, 0.29) is 48.2 Å². The van der Waals surface area contributed by atoms with E-state index < -0.39 is 0 Å². The summed E-state index contributed by atoms with van der Waals surface area (Å²) in [5.41, 5.74) is 7.26.